The fraction of sp³-hybridized carbons (Fsp3) is 0.167. The maximum absolute atomic E-state index is 12.9. The van der Waals surface area contributed by atoms with E-state index in [-0.39, 0.29) is 17.7 Å². The maximum Gasteiger partial charge on any atom is 0.279 e. The molecule has 0 saturated heterocycles. The number of carbonyl (C=O) groups excluding carboxylic acids is 1. The van der Waals surface area contributed by atoms with Crippen molar-refractivity contribution in [1.82, 2.24) is 9.78 Å². The number of anilines is 1. The topological polar surface area (TPSA) is 82.5 Å². The van der Waals surface area contributed by atoms with Crippen LogP contribution in [0.3, 0.4) is 0 Å². The van der Waals surface area contributed by atoms with Crippen molar-refractivity contribution in [1.29, 1.82) is 0 Å². The second-order valence-electron chi connectivity index (χ2n) is 5.43. The van der Waals surface area contributed by atoms with Crippen molar-refractivity contribution >= 4 is 22.4 Å². The third-order valence-electron chi connectivity index (χ3n) is 3.78. The van der Waals surface area contributed by atoms with Gasteiger partial charge in [-0.05, 0) is 36.4 Å². The molecule has 134 valence electrons. The Morgan fingerprint density at radius 3 is 2.54 bits per heavy atom. The molecular weight excluding hydrogens is 341 g/mol. The maximum atomic E-state index is 12.9. The number of ether oxygens (including phenoxy) is 2. The molecular formula is C18H16FN3O4. The van der Waals surface area contributed by atoms with Crippen molar-refractivity contribution in [2.45, 2.75) is 6.54 Å². The van der Waals surface area contributed by atoms with E-state index in [9.17, 15) is 14.0 Å². The van der Waals surface area contributed by atoms with Crippen LogP contribution in [0.5, 0.6) is 11.5 Å². The van der Waals surface area contributed by atoms with Gasteiger partial charge in [0.1, 0.15) is 12.4 Å². The van der Waals surface area contributed by atoms with Gasteiger partial charge in [0.05, 0.1) is 25.8 Å². The van der Waals surface area contributed by atoms with E-state index in [1.807, 2.05) is 0 Å². The summed E-state index contributed by atoms with van der Waals surface area (Å²) in [6.45, 7) is -0.299. The molecule has 26 heavy (non-hydrogen) atoms. The van der Waals surface area contributed by atoms with Crippen LogP contribution in [0, 0.1) is 5.82 Å². The highest BCUT2D eigenvalue weighted by Gasteiger charge is 2.16. The molecule has 0 spiro atoms. The van der Waals surface area contributed by atoms with Gasteiger partial charge < -0.3 is 14.8 Å². The van der Waals surface area contributed by atoms with E-state index in [2.05, 4.69) is 10.4 Å². The predicted octanol–water partition coefficient (Wildman–Crippen LogP) is 2.19. The Balaban J connectivity index is 1.93. The summed E-state index contributed by atoms with van der Waals surface area (Å²) in [5, 5.41) is 7.45. The molecule has 1 amide bonds. The van der Waals surface area contributed by atoms with Gasteiger partial charge in [0.25, 0.3) is 5.56 Å². The smallest absolute Gasteiger partial charge is 0.279 e. The summed E-state index contributed by atoms with van der Waals surface area (Å²) in [7, 11) is 2.91. The molecule has 0 aliphatic carbocycles. The summed E-state index contributed by atoms with van der Waals surface area (Å²) in [5.41, 5.74) is -0.0583. The molecule has 3 rings (SSSR count). The lowest BCUT2D eigenvalue weighted by molar-refractivity contribution is -0.117. The van der Waals surface area contributed by atoms with Crippen LogP contribution in [0.15, 0.2) is 47.4 Å². The monoisotopic (exact) mass is 357 g/mol. The molecule has 0 atom stereocenters. The zero-order valence-electron chi connectivity index (χ0n) is 14.2. The van der Waals surface area contributed by atoms with E-state index in [0.717, 1.165) is 4.68 Å². The largest absolute Gasteiger partial charge is 0.493 e. The number of methoxy groups -OCH3 is 2. The number of carbonyl (C=O) groups is 1. The zero-order valence-corrected chi connectivity index (χ0v) is 14.2. The summed E-state index contributed by atoms with van der Waals surface area (Å²) >= 11 is 0. The van der Waals surface area contributed by atoms with Crippen LogP contribution in [0.25, 0.3) is 10.8 Å². The summed E-state index contributed by atoms with van der Waals surface area (Å²) in [5.74, 6) is -0.181. The van der Waals surface area contributed by atoms with Crippen molar-refractivity contribution in [3.63, 3.8) is 0 Å². The second-order valence-corrected chi connectivity index (χ2v) is 5.43. The Labute approximate surface area is 148 Å². The first-order chi connectivity index (χ1) is 12.5. The summed E-state index contributed by atoms with van der Waals surface area (Å²) in [6, 6.07) is 8.68. The first kappa shape index (κ1) is 17.4. The average molecular weight is 357 g/mol. The number of fused-ring (bicyclic) bond motifs is 1. The van der Waals surface area contributed by atoms with E-state index >= 15 is 0 Å². The third-order valence-corrected chi connectivity index (χ3v) is 3.78. The van der Waals surface area contributed by atoms with Gasteiger partial charge in [-0.2, -0.15) is 5.10 Å². The highest BCUT2D eigenvalue weighted by Crippen LogP contribution is 2.32. The van der Waals surface area contributed by atoms with Gasteiger partial charge in [-0.1, -0.05) is 0 Å². The number of aromatic nitrogens is 2. The van der Waals surface area contributed by atoms with Crippen LogP contribution in [0.4, 0.5) is 10.1 Å². The number of amides is 1. The van der Waals surface area contributed by atoms with Crippen molar-refractivity contribution in [2.24, 2.45) is 0 Å². The van der Waals surface area contributed by atoms with Gasteiger partial charge in [0, 0.05) is 11.1 Å². The summed E-state index contributed by atoms with van der Waals surface area (Å²) < 4.78 is 24.4. The minimum atomic E-state index is -0.479. The quantitative estimate of drug-likeness (QED) is 0.757. The van der Waals surface area contributed by atoms with Crippen LogP contribution in [-0.2, 0) is 11.3 Å². The second kappa shape index (κ2) is 7.22. The van der Waals surface area contributed by atoms with Crippen LogP contribution >= 0.6 is 0 Å². The molecule has 0 bridgehead atoms. The molecule has 0 unspecified atom stereocenters. The van der Waals surface area contributed by atoms with Crippen LogP contribution < -0.4 is 20.3 Å². The number of hydrogen-bond acceptors (Lipinski definition) is 5. The predicted molar refractivity (Wildman–Crippen MR) is 94.1 cm³/mol. The van der Waals surface area contributed by atoms with Crippen LogP contribution in [-0.4, -0.2) is 29.9 Å². The minimum absolute atomic E-state index is 0.274. The molecule has 0 aliphatic heterocycles. The third kappa shape index (κ3) is 3.34. The number of rotatable bonds is 5. The number of hydrogen-bond donors (Lipinski definition) is 1. The molecule has 0 saturated carbocycles. The lowest BCUT2D eigenvalue weighted by Gasteiger charge is -2.12. The normalized spacial score (nSPS) is 10.6. The first-order valence-corrected chi connectivity index (χ1v) is 7.69. The fourth-order valence-electron chi connectivity index (χ4n) is 2.57. The van der Waals surface area contributed by atoms with E-state index < -0.39 is 17.3 Å². The zero-order chi connectivity index (χ0) is 18.7. The summed E-state index contributed by atoms with van der Waals surface area (Å²) in [4.78, 5) is 24.9. The van der Waals surface area contributed by atoms with Crippen molar-refractivity contribution < 1.29 is 18.7 Å². The van der Waals surface area contributed by atoms with E-state index in [0.29, 0.717) is 16.8 Å². The van der Waals surface area contributed by atoms with Gasteiger partial charge in [-0.3, -0.25) is 9.59 Å². The first-order valence-electron chi connectivity index (χ1n) is 7.69. The highest BCUT2D eigenvalue weighted by atomic mass is 19.1. The molecule has 1 heterocycles. The van der Waals surface area contributed by atoms with E-state index in [1.165, 1.54) is 44.7 Å². The van der Waals surface area contributed by atoms with Crippen molar-refractivity contribution in [3.05, 3.63) is 58.8 Å². The Morgan fingerprint density at radius 2 is 1.88 bits per heavy atom. The fourth-order valence-corrected chi connectivity index (χ4v) is 2.57. The highest BCUT2D eigenvalue weighted by molar-refractivity contribution is 5.92. The Kier molecular flexibility index (Phi) is 4.83. The molecule has 7 nitrogen and oxygen atoms in total. The van der Waals surface area contributed by atoms with E-state index in [4.69, 9.17) is 9.47 Å². The SMILES string of the molecule is COc1ccc2cnn(CC(=O)Nc3ccc(F)cc3)c(=O)c2c1OC. The van der Waals surface area contributed by atoms with Gasteiger partial charge in [-0.15, -0.1) is 0 Å². The molecule has 1 N–H and O–H groups in total. The van der Waals surface area contributed by atoms with E-state index in [1.54, 1.807) is 12.1 Å². The molecule has 3 aromatic rings. The number of benzene rings is 2. The molecule has 1 aromatic heterocycles. The van der Waals surface area contributed by atoms with Crippen LogP contribution in [0.2, 0.25) is 0 Å². The molecule has 0 radical (unpaired) electrons. The summed E-state index contributed by atoms with van der Waals surface area (Å²) in [6.07, 6.45) is 1.48. The van der Waals surface area contributed by atoms with Crippen molar-refractivity contribution in [3.8, 4) is 11.5 Å². The molecule has 8 heteroatoms. The van der Waals surface area contributed by atoms with Gasteiger partial charge in [0.15, 0.2) is 11.5 Å². The average Bonchev–Trinajstić information content (AvgIpc) is 2.65. The number of nitrogens with one attached hydrogen (secondary N) is 1. The minimum Gasteiger partial charge on any atom is -0.493 e. The van der Waals surface area contributed by atoms with Crippen molar-refractivity contribution in [2.75, 3.05) is 19.5 Å². The lowest BCUT2D eigenvalue weighted by atomic mass is 10.1. The molecule has 2 aromatic carbocycles. The van der Waals surface area contributed by atoms with Gasteiger partial charge in [0.2, 0.25) is 5.91 Å². The Hall–Kier alpha value is -3.42. The number of nitrogens with zero attached hydrogens (tertiary/aromatic N) is 2. The molecule has 0 fully saturated rings. The lowest BCUT2D eigenvalue weighted by Crippen LogP contribution is -2.29. The Morgan fingerprint density at radius 1 is 1.15 bits per heavy atom. The van der Waals surface area contributed by atoms with Gasteiger partial charge in [-0.25, -0.2) is 9.07 Å². The standard InChI is InChI=1S/C18H16FN3O4/c1-25-14-8-3-11-9-20-22(18(24)16(11)17(14)26-2)10-15(23)21-13-6-4-12(19)5-7-13/h3-9H,10H2,1-2H3,(H,21,23). The Bertz CT molecular complexity index is 1020. The number of halogens is 1. The van der Waals surface area contributed by atoms with Gasteiger partial charge >= 0.3 is 0 Å². The van der Waals surface area contributed by atoms with Crippen LogP contribution in [0.1, 0.15) is 0 Å². The molecule has 0 aliphatic rings.